The van der Waals surface area contributed by atoms with Crippen LogP contribution in [0.4, 0.5) is 5.82 Å². The van der Waals surface area contributed by atoms with Crippen LogP contribution in [0.3, 0.4) is 0 Å². The Hall–Kier alpha value is -1.78. The molecule has 0 spiro atoms. The molecule has 0 saturated carbocycles. The molecule has 1 aromatic heterocycles. The zero-order chi connectivity index (χ0) is 17.9. The third kappa shape index (κ3) is 4.19. The molecule has 1 unspecified atom stereocenters. The maximum atomic E-state index is 12.1. The summed E-state index contributed by atoms with van der Waals surface area (Å²) in [5, 5.41) is 0. The molecule has 0 bridgehead atoms. The summed E-state index contributed by atoms with van der Waals surface area (Å²) in [5.41, 5.74) is 0. The van der Waals surface area contributed by atoms with E-state index >= 15 is 0 Å². The van der Waals surface area contributed by atoms with Gasteiger partial charge >= 0.3 is 5.97 Å². The van der Waals surface area contributed by atoms with Gasteiger partial charge in [0.25, 0.3) is 10.2 Å². The number of carbonyl (C=O) groups excluding carboxylic acids is 1. The molecule has 1 atom stereocenters. The van der Waals surface area contributed by atoms with Crippen LogP contribution >= 0.6 is 0 Å². The average Bonchev–Trinajstić information content (AvgIpc) is 2.54. The van der Waals surface area contributed by atoms with E-state index in [4.69, 9.17) is 4.74 Å². The van der Waals surface area contributed by atoms with Gasteiger partial charge in [0, 0.05) is 53.4 Å². The lowest BCUT2D eigenvalue weighted by atomic mass is 10.3. The van der Waals surface area contributed by atoms with Crippen molar-refractivity contribution in [3.63, 3.8) is 0 Å². The number of nitrogens with zero attached hydrogens (tertiary/aromatic N) is 5. The highest BCUT2D eigenvalue weighted by molar-refractivity contribution is 7.86. The van der Waals surface area contributed by atoms with E-state index in [1.807, 2.05) is 4.90 Å². The minimum absolute atomic E-state index is 0.388. The highest BCUT2D eigenvalue weighted by Crippen LogP contribution is 2.19. The first-order valence-corrected chi connectivity index (χ1v) is 9.04. The van der Waals surface area contributed by atoms with E-state index < -0.39 is 16.3 Å². The normalized spacial score (nSPS) is 17.8. The van der Waals surface area contributed by atoms with Gasteiger partial charge in [-0.2, -0.15) is 17.0 Å². The minimum Gasteiger partial charge on any atom is -0.455 e. The maximum Gasteiger partial charge on any atom is 0.303 e. The van der Waals surface area contributed by atoms with Gasteiger partial charge in [0.15, 0.2) is 11.9 Å². The van der Waals surface area contributed by atoms with E-state index in [2.05, 4.69) is 9.97 Å². The first kappa shape index (κ1) is 18.6. The molecule has 0 amide bonds. The summed E-state index contributed by atoms with van der Waals surface area (Å²) in [4.78, 5) is 21.6. The molecule has 1 saturated heterocycles. The van der Waals surface area contributed by atoms with E-state index in [1.165, 1.54) is 29.6 Å². The molecule has 0 aromatic carbocycles. The molecule has 2 rings (SSSR count). The number of esters is 1. The monoisotopic (exact) mass is 357 g/mol. The fourth-order valence-electron chi connectivity index (χ4n) is 2.42. The average molecular weight is 357 g/mol. The van der Waals surface area contributed by atoms with Crippen molar-refractivity contribution in [2.45, 2.75) is 20.0 Å². The Morgan fingerprint density at radius 3 is 2.46 bits per heavy atom. The van der Waals surface area contributed by atoms with Crippen LogP contribution in [0, 0.1) is 0 Å². The zero-order valence-electron chi connectivity index (χ0n) is 14.3. The zero-order valence-corrected chi connectivity index (χ0v) is 15.2. The Bertz CT molecular complexity index is 686. The number of rotatable bonds is 5. The summed E-state index contributed by atoms with van der Waals surface area (Å²) < 4.78 is 32.0. The van der Waals surface area contributed by atoms with E-state index in [-0.39, 0.29) is 5.97 Å². The second-order valence-corrected chi connectivity index (χ2v) is 7.84. The van der Waals surface area contributed by atoms with Crippen LogP contribution < -0.4 is 4.90 Å². The molecule has 2 heterocycles. The Labute approximate surface area is 142 Å². The molecule has 0 radical (unpaired) electrons. The summed E-state index contributed by atoms with van der Waals surface area (Å²) in [7, 11) is -0.346. The quantitative estimate of drug-likeness (QED) is 0.686. The molecule has 134 valence electrons. The lowest BCUT2D eigenvalue weighted by molar-refractivity contribution is -0.146. The summed E-state index contributed by atoms with van der Waals surface area (Å²) in [6.45, 7) is 4.89. The highest BCUT2D eigenvalue weighted by Gasteiger charge is 2.29. The summed E-state index contributed by atoms with van der Waals surface area (Å²) in [5.74, 6) is 0.728. The lowest BCUT2D eigenvalue weighted by Crippen LogP contribution is -2.51. The predicted octanol–water partition coefficient (Wildman–Crippen LogP) is 0.0291. The molecule has 1 aliphatic rings. The van der Waals surface area contributed by atoms with E-state index in [9.17, 15) is 13.2 Å². The Morgan fingerprint density at radius 2 is 1.92 bits per heavy atom. The summed E-state index contributed by atoms with van der Waals surface area (Å²) in [6, 6.07) is 1.76. The van der Waals surface area contributed by atoms with Crippen LogP contribution in [0.15, 0.2) is 12.3 Å². The van der Waals surface area contributed by atoms with Gasteiger partial charge in [-0.05, 0) is 13.0 Å². The minimum atomic E-state index is -3.39. The van der Waals surface area contributed by atoms with Crippen LogP contribution in [0.2, 0.25) is 0 Å². The van der Waals surface area contributed by atoms with Crippen molar-refractivity contribution in [1.29, 1.82) is 0 Å². The van der Waals surface area contributed by atoms with E-state index in [1.54, 1.807) is 19.2 Å². The van der Waals surface area contributed by atoms with Crippen molar-refractivity contribution >= 4 is 22.0 Å². The number of anilines is 1. The number of ether oxygens (including phenoxy) is 1. The van der Waals surface area contributed by atoms with Crippen molar-refractivity contribution in [2.75, 3.05) is 45.2 Å². The molecule has 24 heavy (non-hydrogen) atoms. The molecular weight excluding hydrogens is 334 g/mol. The van der Waals surface area contributed by atoms with Crippen molar-refractivity contribution in [2.24, 2.45) is 0 Å². The van der Waals surface area contributed by atoms with Gasteiger partial charge < -0.3 is 9.64 Å². The first-order chi connectivity index (χ1) is 11.2. The van der Waals surface area contributed by atoms with Crippen molar-refractivity contribution in [3.05, 3.63) is 18.1 Å². The van der Waals surface area contributed by atoms with Gasteiger partial charge in [-0.25, -0.2) is 9.97 Å². The maximum absolute atomic E-state index is 12.1. The topological polar surface area (TPSA) is 95.9 Å². The van der Waals surface area contributed by atoms with Crippen LogP contribution in [-0.2, 0) is 19.7 Å². The van der Waals surface area contributed by atoms with Crippen molar-refractivity contribution in [1.82, 2.24) is 18.6 Å². The van der Waals surface area contributed by atoms with Gasteiger partial charge in [-0.3, -0.25) is 4.79 Å². The molecule has 1 aliphatic heterocycles. The first-order valence-electron chi connectivity index (χ1n) is 7.64. The number of carbonyl (C=O) groups is 1. The molecule has 1 aromatic rings. The molecule has 9 nitrogen and oxygen atoms in total. The third-order valence-electron chi connectivity index (χ3n) is 3.72. The highest BCUT2D eigenvalue weighted by atomic mass is 32.2. The third-order valence-corrected chi connectivity index (χ3v) is 5.66. The molecule has 10 heteroatoms. The van der Waals surface area contributed by atoms with Gasteiger partial charge in [-0.1, -0.05) is 0 Å². The Balaban J connectivity index is 2.06. The summed E-state index contributed by atoms with van der Waals surface area (Å²) in [6.07, 6.45) is 1.08. The number of piperazine rings is 1. The van der Waals surface area contributed by atoms with Crippen LogP contribution in [0.1, 0.15) is 25.8 Å². The van der Waals surface area contributed by atoms with E-state index in [0.29, 0.717) is 37.8 Å². The van der Waals surface area contributed by atoms with Gasteiger partial charge in [0.1, 0.15) is 5.82 Å². The fraction of sp³-hybridized carbons (Fsp3) is 0.643. The predicted molar refractivity (Wildman–Crippen MR) is 88.6 cm³/mol. The molecule has 0 N–H and O–H groups in total. The number of aromatic nitrogens is 2. The second kappa shape index (κ2) is 7.41. The van der Waals surface area contributed by atoms with E-state index in [0.717, 1.165) is 0 Å². The fourth-order valence-corrected chi connectivity index (χ4v) is 3.50. The smallest absolute Gasteiger partial charge is 0.303 e. The lowest BCUT2D eigenvalue weighted by Gasteiger charge is -2.35. The molecular formula is C14H23N5O4S. The molecule has 0 aliphatic carbocycles. The summed E-state index contributed by atoms with van der Waals surface area (Å²) >= 11 is 0. The Morgan fingerprint density at radius 1 is 1.29 bits per heavy atom. The SMILES string of the molecule is CC(=O)OC(C)c1nccc(N2CCN(S(=O)(=O)N(C)C)CC2)n1. The van der Waals surface area contributed by atoms with Crippen LogP contribution in [-0.4, -0.2) is 73.2 Å². The van der Waals surface area contributed by atoms with Crippen LogP contribution in [0.25, 0.3) is 0 Å². The number of hydrogen-bond acceptors (Lipinski definition) is 7. The van der Waals surface area contributed by atoms with Crippen molar-refractivity contribution in [3.8, 4) is 0 Å². The Kier molecular flexibility index (Phi) is 5.73. The second-order valence-electron chi connectivity index (χ2n) is 5.70. The van der Waals surface area contributed by atoms with Gasteiger partial charge in [-0.15, -0.1) is 0 Å². The standard InChI is InChI=1S/C14H23N5O4S/c1-11(23-12(2)20)14-15-6-5-13(16-14)18-7-9-19(10-8-18)24(21,22)17(3)4/h5-6,11H,7-10H2,1-4H3. The van der Waals surface area contributed by atoms with Crippen LogP contribution in [0.5, 0.6) is 0 Å². The van der Waals surface area contributed by atoms with Gasteiger partial charge in [0.05, 0.1) is 0 Å². The molecule has 1 fully saturated rings. The largest absolute Gasteiger partial charge is 0.455 e. The number of hydrogen-bond donors (Lipinski definition) is 0. The van der Waals surface area contributed by atoms with Crippen molar-refractivity contribution < 1.29 is 17.9 Å². The van der Waals surface area contributed by atoms with Gasteiger partial charge in [0.2, 0.25) is 0 Å².